The minimum absolute atomic E-state index is 0.0398. The summed E-state index contributed by atoms with van der Waals surface area (Å²) in [4.78, 5) is 10.1. The van der Waals surface area contributed by atoms with Crippen LogP contribution in [0.25, 0.3) is 0 Å². The van der Waals surface area contributed by atoms with Gasteiger partial charge in [-0.2, -0.15) is 0 Å². The van der Waals surface area contributed by atoms with Gasteiger partial charge in [0.15, 0.2) is 0 Å². The highest BCUT2D eigenvalue weighted by Gasteiger charge is 1.90. The molecule has 0 fully saturated rings. The Balaban J connectivity index is 2.22. The molecular weight excluding hydrogens is 180 g/mol. The summed E-state index contributed by atoms with van der Waals surface area (Å²) < 4.78 is 5.31. The first-order valence-corrected chi connectivity index (χ1v) is 4.33. The van der Waals surface area contributed by atoms with Crippen LogP contribution in [0.1, 0.15) is 6.42 Å². The van der Waals surface area contributed by atoms with E-state index in [1.165, 1.54) is 0 Å². The SMILES string of the molecule is O=C(O)C/C=C/COc1ccccc1. The van der Waals surface area contributed by atoms with Gasteiger partial charge < -0.3 is 9.84 Å². The van der Waals surface area contributed by atoms with Crippen LogP contribution in [-0.4, -0.2) is 17.7 Å². The van der Waals surface area contributed by atoms with Crippen LogP contribution in [0, 0.1) is 0 Å². The molecule has 1 N–H and O–H groups in total. The van der Waals surface area contributed by atoms with Gasteiger partial charge in [0.25, 0.3) is 0 Å². The number of benzene rings is 1. The Morgan fingerprint density at radius 3 is 2.64 bits per heavy atom. The molecule has 0 bridgehead atoms. The lowest BCUT2D eigenvalue weighted by atomic mass is 10.3. The predicted octanol–water partition coefficient (Wildman–Crippen LogP) is 2.10. The smallest absolute Gasteiger partial charge is 0.307 e. The van der Waals surface area contributed by atoms with E-state index in [1.54, 1.807) is 12.2 Å². The van der Waals surface area contributed by atoms with Gasteiger partial charge in [-0.25, -0.2) is 0 Å². The lowest BCUT2D eigenvalue weighted by molar-refractivity contribution is -0.136. The summed E-state index contributed by atoms with van der Waals surface area (Å²) in [5.41, 5.74) is 0. The molecule has 0 atom stereocenters. The average molecular weight is 192 g/mol. The Labute approximate surface area is 82.6 Å². The Kier molecular flexibility index (Phi) is 4.27. The lowest BCUT2D eigenvalue weighted by Crippen LogP contribution is -1.94. The fourth-order valence-corrected chi connectivity index (χ4v) is 0.913. The Hall–Kier alpha value is -1.77. The van der Waals surface area contributed by atoms with Crippen LogP contribution >= 0.6 is 0 Å². The van der Waals surface area contributed by atoms with Crippen molar-refractivity contribution in [2.45, 2.75) is 6.42 Å². The van der Waals surface area contributed by atoms with Crippen molar-refractivity contribution in [1.82, 2.24) is 0 Å². The highest BCUT2D eigenvalue weighted by atomic mass is 16.5. The summed E-state index contributed by atoms with van der Waals surface area (Å²) in [5.74, 6) is -0.0477. The van der Waals surface area contributed by atoms with Crippen LogP contribution < -0.4 is 4.74 Å². The first-order valence-electron chi connectivity index (χ1n) is 4.33. The Bertz CT molecular complexity index is 304. The van der Waals surface area contributed by atoms with E-state index in [4.69, 9.17) is 9.84 Å². The zero-order valence-electron chi connectivity index (χ0n) is 7.72. The molecular formula is C11H12O3. The summed E-state index contributed by atoms with van der Waals surface area (Å²) in [6, 6.07) is 9.38. The molecule has 1 aromatic rings. The highest BCUT2D eigenvalue weighted by molar-refractivity contribution is 5.68. The van der Waals surface area contributed by atoms with Crippen molar-refractivity contribution >= 4 is 5.97 Å². The minimum Gasteiger partial charge on any atom is -0.490 e. The second-order valence-electron chi connectivity index (χ2n) is 2.69. The number of para-hydroxylation sites is 1. The Morgan fingerprint density at radius 1 is 1.29 bits per heavy atom. The van der Waals surface area contributed by atoms with Gasteiger partial charge in [-0.1, -0.05) is 30.4 Å². The van der Waals surface area contributed by atoms with Gasteiger partial charge in [0.05, 0.1) is 6.42 Å². The van der Waals surface area contributed by atoms with Crippen LogP contribution in [0.4, 0.5) is 0 Å². The second-order valence-corrected chi connectivity index (χ2v) is 2.69. The molecule has 0 unspecified atom stereocenters. The number of hydrogen-bond acceptors (Lipinski definition) is 2. The first-order chi connectivity index (χ1) is 6.79. The third-order valence-corrected chi connectivity index (χ3v) is 1.55. The molecule has 1 aromatic carbocycles. The average Bonchev–Trinajstić information content (AvgIpc) is 2.18. The van der Waals surface area contributed by atoms with Gasteiger partial charge in [0, 0.05) is 0 Å². The maximum atomic E-state index is 10.1. The molecule has 0 aliphatic rings. The van der Waals surface area contributed by atoms with Crippen LogP contribution in [0.5, 0.6) is 5.75 Å². The van der Waals surface area contributed by atoms with Crippen molar-refractivity contribution in [2.75, 3.05) is 6.61 Å². The molecule has 1 rings (SSSR count). The van der Waals surface area contributed by atoms with Crippen molar-refractivity contribution in [2.24, 2.45) is 0 Å². The number of ether oxygens (including phenoxy) is 1. The van der Waals surface area contributed by atoms with Gasteiger partial charge in [-0.3, -0.25) is 4.79 Å². The minimum atomic E-state index is -0.832. The van der Waals surface area contributed by atoms with Crippen molar-refractivity contribution < 1.29 is 14.6 Å². The third-order valence-electron chi connectivity index (χ3n) is 1.55. The second kappa shape index (κ2) is 5.80. The van der Waals surface area contributed by atoms with E-state index in [1.807, 2.05) is 30.3 Å². The van der Waals surface area contributed by atoms with E-state index < -0.39 is 5.97 Å². The van der Waals surface area contributed by atoms with Gasteiger partial charge in [0.2, 0.25) is 0 Å². The molecule has 0 aliphatic heterocycles. The molecule has 0 saturated carbocycles. The molecule has 0 amide bonds. The van der Waals surface area contributed by atoms with Crippen LogP contribution in [0.3, 0.4) is 0 Å². The highest BCUT2D eigenvalue weighted by Crippen LogP contribution is 2.07. The topological polar surface area (TPSA) is 46.5 Å². The molecule has 0 saturated heterocycles. The fraction of sp³-hybridized carbons (Fsp3) is 0.182. The summed E-state index contributed by atoms with van der Waals surface area (Å²) in [5, 5.41) is 8.34. The molecule has 14 heavy (non-hydrogen) atoms. The van der Waals surface area contributed by atoms with Crippen molar-refractivity contribution in [1.29, 1.82) is 0 Å². The first kappa shape index (κ1) is 10.3. The zero-order chi connectivity index (χ0) is 10.2. The molecule has 3 nitrogen and oxygen atoms in total. The fourth-order valence-electron chi connectivity index (χ4n) is 0.913. The number of aliphatic carboxylic acids is 1. The molecule has 3 heteroatoms. The largest absolute Gasteiger partial charge is 0.490 e. The van der Waals surface area contributed by atoms with Gasteiger partial charge in [0.1, 0.15) is 12.4 Å². The summed E-state index contributed by atoms with van der Waals surface area (Å²) in [6.07, 6.45) is 3.31. The van der Waals surface area contributed by atoms with E-state index >= 15 is 0 Å². The molecule has 0 spiro atoms. The third kappa shape index (κ3) is 4.30. The quantitative estimate of drug-likeness (QED) is 0.726. The van der Waals surface area contributed by atoms with E-state index in [0.717, 1.165) is 5.75 Å². The van der Waals surface area contributed by atoms with Crippen LogP contribution in [-0.2, 0) is 4.79 Å². The number of carboxylic acids is 1. The summed E-state index contributed by atoms with van der Waals surface area (Å²) >= 11 is 0. The van der Waals surface area contributed by atoms with Crippen LogP contribution in [0.2, 0.25) is 0 Å². The van der Waals surface area contributed by atoms with E-state index in [0.29, 0.717) is 6.61 Å². The van der Waals surface area contributed by atoms with E-state index in [2.05, 4.69) is 0 Å². The Morgan fingerprint density at radius 2 is 2.00 bits per heavy atom. The molecule has 0 aliphatic carbocycles. The maximum Gasteiger partial charge on any atom is 0.307 e. The molecule has 74 valence electrons. The number of rotatable bonds is 5. The maximum absolute atomic E-state index is 10.1. The molecule has 0 radical (unpaired) electrons. The lowest BCUT2D eigenvalue weighted by Gasteiger charge is -2.00. The van der Waals surface area contributed by atoms with Crippen LogP contribution in [0.15, 0.2) is 42.5 Å². The van der Waals surface area contributed by atoms with Crippen molar-refractivity contribution in [3.8, 4) is 5.75 Å². The standard InChI is InChI=1S/C11H12O3/c12-11(13)8-4-5-9-14-10-6-2-1-3-7-10/h1-7H,8-9H2,(H,12,13)/b5-4+. The van der Waals surface area contributed by atoms with E-state index in [-0.39, 0.29) is 6.42 Å². The van der Waals surface area contributed by atoms with Crippen molar-refractivity contribution in [3.63, 3.8) is 0 Å². The van der Waals surface area contributed by atoms with E-state index in [9.17, 15) is 4.79 Å². The number of carboxylic acid groups (broad SMARTS) is 1. The monoisotopic (exact) mass is 192 g/mol. The molecule has 0 aromatic heterocycles. The zero-order valence-corrected chi connectivity index (χ0v) is 7.72. The molecule has 0 heterocycles. The normalized spacial score (nSPS) is 10.3. The summed E-state index contributed by atoms with van der Waals surface area (Å²) in [7, 11) is 0. The summed E-state index contributed by atoms with van der Waals surface area (Å²) in [6.45, 7) is 0.400. The van der Waals surface area contributed by atoms with Gasteiger partial charge in [-0.15, -0.1) is 0 Å². The van der Waals surface area contributed by atoms with Gasteiger partial charge >= 0.3 is 5.97 Å². The van der Waals surface area contributed by atoms with Gasteiger partial charge in [-0.05, 0) is 12.1 Å². The number of carbonyl (C=O) groups is 1. The predicted molar refractivity (Wildman–Crippen MR) is 53.3 cm³/mol. The number of hydrogen-bond donors (Lipinski definition) is 1. The van der Waals surface area contributed by atoms with Crippen molar-refractivity contribution in [3.05, 3.63) is 42.5 Å².